The third-order valence-corrected chi connectivity index (χ3v) is 4.56. The fourth-order valence-corrected chi connectivity index (χ4v) is 3.48. The van der Waals surface area contributed by atoms with Crippen LogP contribution in [0.5, 0.6) is 0 Å². The van der Waals surface area contributed by atoms with Gasteiger partial charge in [-0.25, -0.2) is 4.71 Å². The van der Waals surface area contributed by atoms with Crippen molar-refractivity contribution in [2.45, 2.75) is 24.4 Å². The average Bonchev–Trinajstić information content (AvgIpc) is 2.89. The van der Waals surface area contributed by atoms with Crippen molar-refractivity contribution >= 4 is 31.6 Å². The van der Waals surface area contributed by atoms with Crippen molar-refractivity contribution in [1.29, 1.82) is 0 Å². The zero-order valence-corrected chi connectivity index (χ0v) is 12.3. The van der Waals surface area contributed by atoms with Gasteiger partial charge in [-0.05, 0) is 5.41 Å². The number of ether oxygens (including phenoxy) is 1. The Kier molecular flexibility index (Phi) is 3.45. The molecule has 2 N–H and O–H groups in total. The molecule has 110 valence electrons. The van der Waals surface area contributed by atoms with Gasteiger partial charge < -0.3 is 15.4 Å². The maximum atomic E-state index is 12.0. The molecule has 0 saturated carbocycles. The average molecular weight is 308 g/mol. The highest BCUT2D eigenvalue weighted by atomic mass is 32.2. The van der Waals surface area contributed by atoms with E-state index < -0.39 is 12.1 Å². The summed E-state index contributed by atoms with van der Waals surface area (Å²) in [7, 11) is 1.64. The minimum Gasteiger partial charge on any atom is -0.461 e. The highest BCUT2D eigenvalue weighted by Gasteiger charge is 2.53. The van der Waals surface area contributed by atoms with Crippen molar-refractivity contribution in [3.05, 3.63) is 16.8 Å². The number of carbonyl (C=O) groups is 2. The molecule has 21 heavy (non-hydrogen) atoms. The van der Waals surface area contributed by atoms with Crippen LogP contribution in [0.4, 0.5) is 0 Å². The Bertz CT molecular complexity index is 634. The second-order valence-corrected chi connectivity index (χ2v) is 5.80. The molecule has 0 unspecified atom stereocenters. The molecule has 1 aromatic heterocycles. The van der Waals surface area contributed by atoms with Crippen LogP contribution in [0.15, 0.2) is 11.0 Å². The Labute approximate surface area is 125 Å². The van der Waals surface area contributed by atoms with Gasteiger partial charge in [-0.1, -0.05) is 5.21 Å². The highest BCUT2D eigenvalue weighted by Crippen LogP contribution is 2.44. The molecule has 3 rings (SSSR count). The topological polar surface area (TPSA) is 116 Å². The van der Waals surface area contributed by atoms with Crippen molar-refractivity contribution in [1.82, 2.24) is 25.0 Å². The van der Waals surface area contributed by atoms with Crippen molar-refractivity contribution in [2.24, 2.45) is 5.73 Å². The van der Waals surface area contributed by atoms with E-state index in [1.807, 2.05) is 5.41 Å². The van der Waals surface area contributed by atoms with Crippen molar-refractivity contribution < 1.29 is 14.3 Å². The van der Waals surface area contributed by atoms with Gasteiger partial charge in [0, 0.05) is 12.5 Å². The predicted octanol–water partition coefficient (Wildman–Crippen LogP) is -2.20. The molecule has 0 aromatic carbocycles. The fraction of sp³-hybridized carbons (Fsp3) is 0.500. The number of aromatic nitrogens is 4. The van der Waals surface area contributed by atoms with Gasteiger partial charge in [-0.2, -0.15) is 0 Å². The number of nitrogens with two attached hydrogens (primary N) is 1. The van der Waals surface area contributed by atoms with Crippen molar-refractivity contribution in [2.75, 3.05) is 6.61 Å². The maximum Gasteiger partial charge on any atom is 0.302 e. The summed E-state index contributed by atoms with van der Waals surface area (Å²) >= 11 is 1.43. The molecule has 1 saturated heterocycles. The number of esters is 1. The summed E-state index contributed by atoms with van der Waals surface area (Å²) in [5, 5.41) is 13.6. The summed E-state index contributed by atoms with van der Waals surface area (Å²) in [6.07, 6.45) is 0. The Balaban J connectivity index is 1.92. The zero-order chi connectivity index (χ0) is 15.1. The normalized spacial score (nSPS) is 27.7. The number of amides is 1. The van der Waals surface area contributed by atoms with E-state index in [0.717, 1.165) is 5.57 Å². The van der Waals surface area contributed by atoms with E-state index in [-0.39, 0.29) is 23.9 Å². The smallest absolute Gasteiger partial charge is 0.302 e. The fourth-order valence-electron chi connectivity index (χ4n) is 2.33. The summed E-state index contributed by atoms with van der Waals surface area (Å²) < 4.78 is 6.36. The zero-order valence-electron chi connectivity index (χ0n) is 11.5. The lowest BCUT2D eigenvalue weighted by Gasteiger charge is -2.50. The van der Waals surface area contributed by atoms with E-state index in [1.54, 1.807) is 12.9 Å². The molecule has 0 radical (unpaired) electrons. The lowest BCUT2D eigenvalue weighted by atomic mass is 9.98. The van der Waals surface area contributed by atoms with Crippen LogP contribution in [0, 0.1) is 0 Å². The van der Waals surface area contributed by atoms with Crippen LogP contribution in [0.1, 0.15) is 18.8 Å². The van der Waals surface area contributed by atoms with E-state index in [0.29, 0.717) is 5.82 Å². The quantitative estimate of drug-likeness (QED) is 0.380. The number of tetrazole rings is 1. The second kappa shape index (κ2) is 5.15. The molecule has 2 aliphatic rings. The van der Waals surface area contributed by atoms with Crippen LogP contribution in [0.25, 0.3) is 0 Å². The van der Waals surface area contributed by atoms with Crippen LogP contribution >= 0.6 is 11.8 Å². The number of thioether (sulfide) groups is 1. The molecule has 1 aromatic rings. The largest absolute Gasteiger partial charge is 0.461 e. The van der Waals surface area contributed by atoms with Gasteiger partial charge in [0.25, 0.3) is 7.98 Å². The first-order chi connectivity index (χ1) is 9.99. The van der Waals surface area contributed by atoms with Crippen molar-refractivity contribution in [3.63, 3.8) is 0 Å². The molecular formula is C10H13BN6O3S. The van der Waals surface area contributed by atoms with Gasteiger partial charge >= 0.3 is 5.97 Å². The highest BCUT2D eigenvalue weighted by molar-refractivity contribution is 8.02. The van der Waals surface area contributed by atoms with E-state index in [1.165, 1.54) is 23.4 Å². The molecule has 9 nitrogen and oxygen atoms in total. The van der Waals surface area contributed by atoms with E-state index >= 15 is 0 Å². The van der Waals surface area contributed by atoms with Crippen LogP contribution in [-0.4, -0.2) is 62.9 Å². The summed E-state index contributed by atoms with van der Waals surface area (Å²) in [6.45, 7) is 1.41. The van der Waals surface area contributed by atoms with Gasteiger partial charge in [0.05, 0.1) is 0 Å². The molecule has 3 atom stereocenters. The number of rotatable bonds is 3. The Morgan fingerprint density at radius 1 is 1.62 bits per heavy atom. The van der Waals surface area contributed by atoms with Crippen LogP contribution < -0.4 is 5.73 Å². The molecule has 0 aliphatic carbocycles. The van der Waals surface area contributed by atoms with Gasteiger partial charge in [-0.3, -0.25) is 9.59 Å². The summed E-state index contributed by atoms with van der Waals surface area (Å²) in [6, 6.07) is -1.02. The Morgan fingerprint density at radius 2 is 2.38 bits per heavy atom. The molecule has 1 amide bonds. The van der Waals surface area contributed by atoms with E-state index in [4.69, 9.17) is 10.5 Å². The first-order valence-corrected chi connectivity index (χ1v) is 7.22. The third kappa shape index (κ3) is 2.31. The summed E-state index contributed by atoms with van der Waals surface area (Å²) in [5.74, 6) is -0.166. The van der Waals surface area contributed by atoms with Crippen molar-refractivity contribution in [3.8, 4) is 0 Å². The third-order valence-electron chi connectivity index (χ3n) is 3.32. The van der Waals surface area contributed by atoms with Gasteiger partial charge in [0.2, 0.25) is 5.91 Å². The summed E-state index contributed by atoms with van der Waals surface area (Å²) in [4.78, 5) is 24.7. The molecule has 2 aliphatic heterocycles. The van der Waals surface area contributed by atoms with E-state index in [9.17, 15) is 9.59 Å². The molecular weight excluding hydrogens is 295 g/mol. The molecule has 3 heterocycles. The van der Waals surface area contributed by atoms with E-state index in [2.05, 4.69) is 15.4 Å². The molecule has 1 fully saturated rings. The number of hydrogen-bond acceptors (Lipinski definition) is 8. The Morgan fingerprint density at radius 3 is 3.00 bits per heavy atom. The standard InChI is InChI=1S/C10H13BN6O3S/c1-4(18)20-2-5-3-21-10-6(12)9(19)16(10)7(5)8-13-15-17(11)14-8/h3,6-7,10H,2,11-12H2,1H3/t6-,7-,10-/m1/s1. The lowest BCUT2D eigenvalue weighted by Crippen LogP contribution is -2.68. The minimum atomic E-state index is -0.527. The first-order valence-electron chi connectivity index (χ1n) is 6.28. The predicted molar refractivity (Wildman–Crippen MR) is 75.4 cm³/mol. The number of fused-ring (bicyclic) bond motifs is 1. The lowest BCUT2D eigenvalue weighted by molar-refractivity contribution is -0.147. The molecule has 11 heteroatoms. The van der Waals surface area contributed by atoms with Gasteiger partial charge in [0.1, 0.15) is 24.1 Å². The van der Waals surface area contributed by atoms with Crippen LogP contribution in [0.2, 0.25) is 0 Å². The SMILES string of the molecule is Bn1nnc([C@H]2C(COC(C)=O)=CS[C@@H]3[C@H](N)C(=O)N23)n1. The monoisotopic (exact) mass is 308 g/mol. The number of carbonyl (C=O) groups excluding carboxylic acids is 2. The van der Waals surface area contributed by atoms with Crippen LogP contribution in [0.3, 0.4) is 0 Å². The van der Waals surface area contributed by atoms with Gasteiger partial charge in [-0.15, -0.1) is 22.0 Å². The Hall–Kier alpha value is -1.88. The number of β-lactam (4-membered cyclic amide) rings is 1. The van der Waals surface area contributed by atoms with Gasteiger partial charge in [0.15, 0.2) is 5.82 Å². The maximum absolute atomic E-state index is 12.0. The molecule has 0 bridgehead atoms. The summed E-state index contributed by atoms with van der Waals surface area (Å²) in [5.41, 5.74) is 6.54. The number of hydrogen-bond donors (Lipinski definition) is 1. The number of nitrogens with zero attached hydrogens (tertiary/aromatic N) is 5. The molecule has 0 spiro atoms. The first kappa shape index (κ1) is 14.1. The van der Waals surface area contributed by atoms with Crippen LogP contribution in [-0.2, 0) is 14.3 Å². The second-order valence-electron chi connectivity index (χ2n) is 4.81. The minimum absolute atomic E-state index is 0.0803.